The molecule has 2 amide bonds. The molecule has 0 aliphatic heterocycles. The van der Waals surface area contributed by atoms with Crippen LogP contribution in [-0.2, 0) is 13.0 Å². The lowest BCUT2D eigenvalue weighted by atomic mass is 10.2. The van der Waals surface area contributed by atoms with Crippen molar-refractivity contribution in [2.45, 2.75) is 19.9 Å². The molecular formula is C24H23N5O2. The minimum atomic E-state index is -0.589. The maximum Gasteiger partial charge on any atom is 0.284 e. The van der Waals surface area contributed by atoms with E-state index in [2.05, 4.69) is 9.97 Å². The van der Waals surface area contributed by atoms with Gasteiger partial charge in [-0.15, -0.1) is 0 Å². The summed E-state index contributed by atoms with van der Waals surface area (Å²) in [6.07, 6.45) is 2.52. The van der Waals surface area contributed by atoms with Crippen molar-refractivity contribution in [2.75, 3.05) is 11.9 Å². The summed E-state index contributed by atoms with van der Waals surface area (Å²) in [7, 11) is 1.72. The number of aromatic nitrogens is 3. The largest absolute Gasteiger partial charge is 0.363 e. The highest BCUT2D eigenvalue weighted by molar-refractivity contribution is 6.06. The fourth-order valence-corrected chi connectivity index (χ4v) is 3.52. The molecule has 2 aromatic heterocycles. The Bertz CT molecular complexity index is 1250. The highest BCUT2D eigenvalue weighted by Gasteiger charge is 2.18. The lowest BCUT2D eigenvalue weighted by Gasteiger charge is -2.17. The van der Waals surface area contributed by atoms with Crippen molar-refractivity contribution in [3.05, 3.63) is 89.5 Å². The normalized spacial score (nSPS) is 10.9. The molecule has 156 valence electrons. The van der Waals surface area contributed by atoms with E-state index in [9.17, 15) is 9.59 Å². The molecule has 0 unspecified atom stereocenters. The van der Waals surface area contributed by atoms with Crippen molar-refractivity contribution in [1.29, 1.82) is 0 Å². The van der Waals surface area contributed by atoms with Crippen molar-refractivity contribution in [3.8, 4) is 0 Å². The SMILES string of the molecule is Cc1ccc(CCn2c(C(N)=O)nc3cc(N(C)C(=O)c4ccccc4)ccc32)cn1. The number of imidazole rings is 1. The Balaban J connectivity index is 1.65. The third kappa shape index (κ3) is 4.16. The van der Waals surface area contributed by atoms with Gasteiger partial charge in [0.05, 0.1) is 11.0 Å². The van der Waals surface area contributed by atoms with E-state index < -0.39 is 5.91 Å². The van der Waals surface area contributed by atoms with Crippen molar-refractivity contribution in [3.63, 3.8) is 0 Å². The van der Waals surface area contributed by atoms with Crippen LogP contribution in [0.3, 0.4) is 0 Å². The first-order chi connectivity index (χ1) is 14.9. The van der Waals surface area contributed by atoms with E-state index in [1.54, 1.807) is 30.1 Å². The summed E-state index contributed by atoms with van der Waals surface area (Å²) in [5.74, 6) is -0.515. The first-order valence-corrected chi connectivity index (χ1v) is 9.99. The molecule has 2 N–H and O–H groups in total. The summed E-state index contributed by atoms with van der Waals surface area (Å²) in [5.41, 5.74) is 10.3. The second-order valence-electron chi connectivity index (χ2n) is 7.41. The number of anilines is 1. The number of aryl methyl sites for hydroxylation is 3. The van der Waals surface area contributed by atoms with E-state index in [-0.39, 0.29) is 11.7 Å². The molecule has 7 nitrogen and oxygen atoms in total. The van der Waals surface area contributed by atoms with Gasteiger partial charge >= 0.3 is 0 Å². The van der Waals surface area contributed by atoms with Crippen LogP contribution < -0.4 is 10.6 Å². The van der Waals surface area contributed by atoms with Crippen molar-refractivity contribution in [1.82, 2.24) is 14.5 Å². The van der Waals surface area contributed by atoms with Gasteiger partial charge in [-0.2, -0.15) is 0 Å². The minimum Gasteiger partial charge on any atom is -0.363 e. The summed E-state index contributed by atoms with van der Waals surface area (Å²) in [6, 6.07) is 18.6. The van der Waals surface area contributed by atoms with Crippen LogP contribution in [0.5, 0.6) is 0 Å². The van der Waals surface area contributed by atoms with Gasteiger partial charge in [0.1, 0.15) is 0 Å². The van der Waals surface area contributed by atoms with E-state index >= 15 is 0 Å². The average Bonchev–Trinajstić information content (AvgIpc) is 3.16. The lowest BCUT2D eigenvalue weighted by molar-refractivity contribution is 0.0981. The first-order valence-electron chi connectivity index (χ1n) is 9.99. The monoisotopic (exact) mass is 413 g/mol. The molecular weight excluding hydrogens is 390 g/mol. The average molecular weight is 413 g/mol. The molecule has 0 aliphatic rings. The minimum absolute atomic E-state index is 0.124. The Kier molecular flexibility index (Phi) is 5.49. The number of carbonyl (C=O) groups excluding carboxylic acids is 2. The molecule has 0 radical (unpaired) electrons. The Morgan fingerprint density at radius 2 is 1.84 bits per heavy atom. The summed E-state index contributed by atoms with van der Waals surface area (Å²) >= 11 is 0. The zero-order valence-electron chi connectivity index (χ0n) is 17.4. The van der Waals surface area contributed by atoms with Crippen LogP contribution in [-0.4, -0.2) is 33.4 Å². The number of carbonyl (C=O) groups is 2. The Morgan fingerprint density at radius 3 is 2.52 bits per heavy atom. The second-order valence-corrected chi connectivity index (χ2v) is 7.41. The lowest BCUT2D eigenvalue weighted by Crippen LogP contribution is -2.26. The van der Waals surface area contributed by atoms with E-state index in [0.717, 1.165) is 16.8 Å². The van der Waals surface area contributed by atoms with Gasteiger partial charge in [-0.1, -0.05) is 24.3 Å². The molecule has 0 saturated carbocycles. The number of nitrogens with zero attached hydrogens (tertiary/aromatic N) is 4. The van der Waals surface area contributed by atoms with Crippen LogP contribution in [0.15, 0.2) is 66.9 Å². The van der Waals surface area contributed by atoms with Gasteiger partial charge in [0.2, 0.25) is 0 Å². The Hall–Kier alpha value is -4.00. The number of benzene rings is 2. The third-order valence-electron chi connectivity index (χ3n) is 5.26. The molecule has 7 heteroatoms. The number of rotatable bonds is 6. The number of primary amides is 1. The fourth-order valence-electron chi connectivity index (χ4n) is 3.52. The van der Waals surface area contributed by atoms with Gasteiger partial charge in [0, 0.05) is 36.7 Å². The van der Waals surface area contributed by atoms with E-state index in [1.807, 2.05) is 60.2 Å². The van der Waals surface area contributed by atoms with Gasteiger partial charge in [0.25, 0.3) is 11.8 Å². The summed E-state index contributed by atoms with van der Waals surface area (Å²) in [4.78, 5) is 35.1. The summed E-state index contributed by atoms with van der Waals surface area (Å²) in [6.45, 7) is 2.48. The van der Waals surface area contributed by atoms with Gasteiger partial charge in [-0.3, -0.25) is 14.6 Å². The quantitative estimate of drug-likeness (QED) is 0.524. The number of hydrogen-bond donors (Lipinski definition) is 1. The standard InChI is InChI=1S/C24H23N5O2/c1-16-8-9-17(15-26-16)12-13-29-21-11-10-19(14-20(21)27-23(29)22(25)30)28(2)24(31)18-6-4-3-5-7-18/h3-11,14-15H,12-13H2,1-2H3,(H2,25,30). The molecule has 2 aromatic carbocycles. The number of nitrogens with two attached hydrogens (primary N) is 1. The third-order valence-corrected chi connectivity index (χ3v) is 5.26. The molecule has 0 fully saturated rings. The topological polar surface area (TPSA) is 94.1 Å². The highest BCUT2D eigenvalue weighted by Crippen LogP contribution is 2.24. The maximum absolute atomic E-state index is 12.8. The molecule has 4 rings (SSSR count). The Morgan fingerprint density at radius 1 is 1.06 bits per heavy atom. The molecule has 31 heavy (non-hydrogen) atoms. The predicted octanol–water partition coefficient (Wildman–Crippen LogP) is 3.36. The molecule has 2 heterocycles. The number of hydrogen-bond acceptors (Lipinski definition) is 4. The van der Waals surface area contributed by atoms with Crippen LogP contribution >= 0.6 is 0 Å². The zero-order chi connectivity index (χ0) is 22.0. The molecule has 4 aromatic rings. The molecule has 0 aliphatic carbocycles. The first kappa shape index (κ1) is 20.3. The fraction of sp³-hybridized carbons (Fsp3) is 0.167. The van der Waals surface area contributed by atoms with Gasteiger partial charge in [-0.25, -0.2) is 4.98 Å². The van der Waals surface area contributed by atoms with Gasteiger partial charge < -0.3 is 15.2 Å². The number of fused-ring (bicyclic) bond motifs is 1. The van der Waals surface area contributed by atoms with Crippen molar-refractivity contribution in [2.24, 2.45) is 5.73 Å². The molecule has 0 bridgehead atoms. The molecule has 0 saturated heterocycles. The van der Waals surface area contributed by atoms with Crippen LogP contribution in [0.1, 0.15) is 32.2 Å². The van der Waals surface area contributed by atoms with Crippen LogP contribution in [0, 0.1) is 6.92 Å². The number of amides is 2. The summed E-state index contributed by atoms with van der Waals surface area (Å²) < 4.78 is 1.82. The highest BCUT2D eigenvalue weighted by atomic mass is 16.2. The van der Waals surface area contributed by atoms with Crippen molar-refractivity contribution >= 4 is 28.5 Å². The second kappa shape index (κ2) is 8.39. The summed E-state index contributed by atoms with van der Waals surface area (Å²) in [5, 5.41) is 0. The molecule has 0 atom stereocenters. The van der Waals surface area contributed by atoms with E-state index in [1.165, 1.54) is 0 Å². The predicted molar refractivity (Wildman–Crippen MR) is 120 cm³/mol. The Labute approximate surface area is 180 Å². The number of pyridine rings is 1. The molecule has 0 spiro atoms. The van der Waals surface area contributed by atoms with Crippen molar-refractivity contribution < 1.29 is 9.59 Å². The van der Waals surface area contributed by atoms with Gasteiger partial charge in [-0.05, 0) is 55.3 Å². The van der Waals surface area contributed by atoms with Crippen LogP contribution in [0.4, 0.5) is 5.69 Å². The zero-order valence-corrected chi connectivity index (χ0v) is 17.4. The maximum atomic E-state index is 12.8. The smallest absolute Gasteiger partial charge is 0.284 e. The van der Waals surface area contributed by atoms with Gasteiger partial charge in [0.15, 0.2) is 5.82 Å². The van der Waals surface area contributed by atoms with E-state index in [4.69, 9.17) is 5.73 Å². The van der Waals surface area contributed by atoms with Crippen LogP contribution in [0.25, 0.3) is 11.0 Å². The van der Waals surface area contributed by atoms with Crippen LogP contribution in [0.2, 0.25) is 0 Å². The van der Waals surface area contributed by atoms with E-state index in [0.29, 0.717) is 29.7 Å².